The maximum atomic E-state index is 13.8. The topological polar surface area (TPSA) is 12.0 Å². The summed E-state index contributed by atoms with van der Waals surface area (Å²) in [5.74, 6) is 0.627. The molecule has 1 aliphatic rings. The highest BCUT2D eigenvalue weighted by atomic mass is 19.1. The minimum absolute atomic E-state index is 0.134. The SMILES string of the molecule is CCNCc1cc(-c2ccc(C3CCC3)cc2)ccc1F. The van der Waals surface area contributed by atoms with Gasteiger partial charge in [0.05, 0.1) is 0 Å². The summed E-state index contributed by atoms with van der Waals surface area (Å²) >= 11 is 0. The summed E-state index contributed by atoms with van der Waals surface area (Å²) in [5.41, 5.74) is 4.43. The van der Waals surface area contributed by atoms with Gasteiger partial charge in [-0.1, -0.05) is 43.7 Å². The van der Waals surface area contributed by atoms with E-state index in [2.05, 4.69) is 29.6 Å². The summed E-state index contributed by atoms with van der Waals surface area (Å²) in [7, 11) is 0. The molecule has 0 radical (unpaired) electrons. The fourth-order valence-corrected chi connectivity index (χ4v) is 2.84. The second-order valence-electron chi connectivity index (χ2n) is 5.84. The predicted molar refractivity (Wildman–Crippen MR) is 85.8 cm³/mol. The normalized spacial score (nSPS) is 15.0. The molecule has 0 saturated heterocycles. The van der Waals surface area contributed by atoms with Crippen LogP contribution in [0.4, 0.5) is 4.39 Å². The number of hydrogen-bond acceptors (Lipinski definition) is 1. The average Bonchev–Trinajstić information content (AvgIpc) is 2.46. The van der Waals surface area contributed by atoms with Crippen LogP contribution in [-0.2, 0) is 6.54 Å². The quantitative estimate of drug-likeness (QED) is 0.825. The zero-order chi connectivity index (χ0) is 14.7. The second kappa shape index (κ2) is 6.40. The molecule has 1 aliphatic carbocycles. The van der Waals surface area contributed by atoms with Gasteiger partial charge in [-0.15, -0.1) is 0 Å². The lowest BCUT2D eigenvalue weighted by Crippen LogP contribution is -2.13. The Morgan fingerprint density at radius 1 is 1.05 bits per heavy atom. The van der Waals surface area contributed by atoms with Crippen LogP contribution in [0, 0.1) is 5.82 Å². The van der Waals surface area contributed by atoms with Crippen molar-refractivity contribution in [2.45, 2.75) is 38.6 Å². The summed E-state index contributed by atoms with van der Waals surface area (Å²) in [6, 6.07) is 14.2. The van der Waals surface area contributed by atoms with Crippen molar-refractivity contribution >= 4 is 0 Å². The Hall–Kier alpha value is -1.67. The first kappa shape index (κ1) is 14.3. The lowest BCUT2D eigenvalue weighted by Gasteiger charge is -2.25. The van der Waals surface area contributed by atoms with Gasteiger partial charge in [-0.3, -0.25) is 0 Å². The highest BCUT2D eigenvalue weighted by Crippen LogP contribution is 2.37. The molecule has 0 spiro atoms. The predicted octanol–water partition coefficient (Wildman–Crippen LogP) is 4.87. The third-order valence-corrected chi connectivity index (χ3v) is 4.43. The molecule has 1 N–H and O–H groups in total. The van der Waals surface area contributed by atoms with E-state index in [9.17, 15) is 4.39 Å². The zero-order valence-electron chi connectivity index (χ0n) is 12.5. The fourth-order valence-electron chi connectivity index (χ4n) is 2.84. The van der Waals surface area contributed by atoms with Crippen molar-refractivity contribution in [1.29, 1.82) is 0 Å². The van der Waals surface area contributed by atoms with Crippen LogP contribution < -0.4 is 5.32 Å². The van der Waals surface area contributed by atoms with E-state index in [0.29, 0.717) is 6.54 Å². The smallest absolute Gasteiger partial charge is 0.127 e. The van der Waals surface area contributed by atoms with Gasteiger partial charge in [-0.2, -0.15) is 0 Å². The molecule has 0 aromatic heterocycles. The van der Waals surface area contributed by atoms with Crippen molar-refractivity contribution in [3.8, 4) is 11.1 Å². The Kier molecular flexibility index (Phi) is 4.35. The first-order valence-corrected chi connectivity index (χ1v) is 7.87. The molecule has 0 atom stereocenters. The van der Waals surface area contributed by atoms with Gasteiger partial charge in [0.2, 0.25) is 0 Å². The monoisotopic (exact) mass is 283 g/mol. The van der Waals surface area contributed by atoms with E-state index in [1.807, 2.05) is 19.1 Å². The largest absolute Gasteiger partial charge is 0.313 e. The highest BCUT2D eigenvalue weighted by molar-refractivity contribution is 5.64. The molecule has 0 bridgehead atoms. The number of halogens is 1. The summed E-state index contributed by atoms with van der Waals surface area (Å²) in [6.45, 7) is 3.46. The van der Waals surface area contributed by atoms with Gasteiger partial charge >= 0.3 is 0 Å². The highest BCUT2D eigenvalue weighted by Gasteiger charge is 2.19. The Labute approximate surface area is 126 Å². The van der Waals surface area contributed by atoms with E-state index in [1.165, 1.54) is 24.8 Å². The van der Waals surface area contributed by atoms with Crippen molar-refractivity contribution in [3.05, 3.63) is 59.4 Å². The first-order chi connectivity index (χ1) is 10.3. The number of rotatable bonds is 5. The van der Waals surface area contributed by atoms with Gasteiger partial charge in [0, 0.05) is 12.1 Å². The van der Waals surface area contributed by atoms with Crippen LogP contribution in [0.2, 0.25) is 0 Å². The van der Waals surface area contributed by atoms with E-state index < -0.39 is 0 Å². The molecule has 2 aromatic carbocycles. The third kappa shape index (κ3) is 3.16. The minimum Gasteiger partial charge on any atom is -0.313 e. The second-order valence-corrected chi connectivity index (χ2v) is 5.84. The lowest BCUT2D eigenvalue weighted by atomic mass is 9.80. The fraction of sp³-hybridized carbons (Fsp3) is 0.368. The summed E-state index contributed by atoms with van der Waals surface area (Å²) in [5, 5.41) is 3.18. The molecule has 2 aromatic rings. The van der Waals surface area contributed by atoms with E-state index in [0.717, 1.165) is 29.2 Å². The molecule has 1 fully saturated rings. The van der Waals surface area contributed by atoms with Gasteiger partial charge in [-0.25, -0.2) is 4.39 Å². The van der Waals surface area contributed by atoms with Gasteiger partial charge in [0.25, 0.3) is 0 Å². The first-order valence-electron chi connectivity index (χ1n) is 7.87. The number of hydrogen-bond donors (Lipinski definition) is 1. The zero-order valence-corrected chi connectivity index (χ0v) is 12.5. The van der Waals surface area contributed by atoms with Crippen molar-refractivity contribution in [1.82, 2.24) is 5.32 Å². The number of benzene rings is 2. The van der Waals surface area contributed by atoms with Crippen molar-refractivity contribution in [2.24, 2.45) is 0 Å². The van der Waals surface area contributed by atoms with Gasteiger partial charge in [-0.05, 0) is 54.1 Å². The van der Waals surface area contributed by atoms with Crippen LogP contribution in [-0.4, -0.2) is 6.54 Å². The lowest BCUT2D eigenvalue weighted by molar-refractivity contribution is 0.420. The van der Waals surface area contributed by atoms with Crippen molar-refractivity contribution in [3.63, 3.8) is 0 Å². The third-order valence-electron chi connectivity index (χ3n) is 4.43. The van der Waals surface area contributed by atoms with Crippen molar-refractivity contribution < 1.29 is 4.39 Å². The molecule has 3 rings (SSSR count). The van der Waals surface area contributed by atoms with E-state index >= 15 is 0 Å². The van der Waals surface area contributed by atoms with Gasteiger partial charge in [0.1, 0.15) is 5.82 Å². The van der Waals surface area contributed by atoms with Crippen LogP contribution in [0.3, 0.4) is 0 Å². The summed E-state index contributed by atoms with van der Waals surface area (Å²) in [4.78, 5) is 0. The van der Waals surface area contributed by atoms with Crippen LogP contribution >= 0.6 is 0 Å². The molecule has 0 amide bonds. The minimum atomic E-state index is -0.134. The van der Waals surface area contributed by atoms with Crippen molar-refractivity contribution in [2.75, 3.05) is 6.54 Å². The Balaban J connectivity index is 1.82. The molecule has 21 heavy (non-hydrogen) atoms. The average molecular weight is 283 g/mol. The molecule has 1 saturated carbocycles. The summed E-state index contributed by atoms with van der Waals surface area (Å²) < 4.78 is 13.8. The van der Waals surface area contributed by atoms with E-state index in [1.54, 1.807) is 6.07 Å². The van der Waals surface area contributed by atoms with Crippen LogP contribution in [0.1, 0.15) is 43.2 Å². The Morgan fingerprint density at radius 3 is 2.38 bits per heavy atom. The molecular weight excluding hydrogens is 261 g/mol. The maximum absolute atomic E-state index is 13.8. The molecule has 2 heteroatoms. The maximum Gasteiger partial charge on any atom is 0.127 e. The Bertz CT molecular complexity index is 599. The van der Waals surface area contributed by atoms with Gasteiger partial charge < -0.3 is 5.32 Å². The molecular formula is C19H22FN. The van der Waals surface area contributed by atoms with Crippen LogP contribution in [0.5, 0.6) is 0 Å². The molecule has 110 valence electrons. The summed E-state index contributed by atoms with van der Waals surface area (Å²) in [6.07, 6.45) is 4.00. The molecule has 0 heterocycles. The Morgan fingerprint density at radius 2 is 1.76 bits per heavy atom. The molecule has 0 unspecified atom stereocenters. The van der Waals surface area contributed by atoms with Crippen LogP contribution in [0.25, 0.3) is 11.1 Å². The number of nitrogens with one attached hydrogen (secondary N) is 1. The van der Waals surface area contributed by atoms with Crippen LogP contribution in [0.15, 0.2) is 42.5 Å². The van der Waals surface area contributed by atoms with E-state index in [-0.39, 0.29) is 5.82 Å². The van der Waals surface area contributed by atoms with Gasteiger partial charge in [0.15, 0.2) is 0 Å². The molecule has 1 nitrogen and oxygen atoms in total. The molecule has 0 aliphatic heterocycles. The van der Waals surface area contributed by atoms with E-state index in [4.69, 9.17) is 0 Å². The standard InChI is InChI=1S/C19H22FN/c1-2-21-13-18-12-17(10-11-19(18)20)16-8-6-15(7-9-16)14-4-3-5-14/h6-12,14,21H,2-5,13H2,1H3.